The first-order valence-electron chi connectivity index (χ1n) is 4.57. The van der Waals surface area contributed by atoms with Crippen molar-refractivity contribution in [1.82, 2.24) is 0 Å². The third kappa shape index (κ3) is 2.41. The third-order valence-electron chi connectivity index (χ3n) is 2.03. The summed E-state index contributed by atoms with van der Waals surface area (Å²) in [7, 11) is 0. The number of hydrogen-bond acceptors (Lipinski definition) is 2. The van der Waals surface area contributed by atoms with Gasteiger partial charge in [-0.3, -0.25) is 0 Å². The molecule has 2 rings (SSSR count). The molecule has 1 aromatic carbocycles. The molecule has 0 fully saturated rings. The molecule has 1 N–H and O–H groups in total. The SMILES string of the molecule is Fc1cc(Br)cc(F)c1NCc1ccco1. The minimum Gasteiger partial charge on any atom is -0.467 e. The summed E-state index contributed by atoms with van der Waals surface area (Å²) in [6.45, 7) is 0.239. The van der Waals surface area contributed by atoms with E-state index in [1.807, 2.05) is 0 Å². The highest BCUT2D eigenvalue weighted by molar-refractivity contribution is 9.10. The summed E-state index contributed by atoms with van der Waals surface area (Å²) < 4.78 is 32.2. The molecule has 0 atom stereocenters. The van der Waals surface area contributed by atoms with Crippen LogP contribution >= 0.6 is 15.9 Å². The molecule has 0 spiro atoms. The second-order valence-electron chi connectivity index (χ2n) is 3.18. The summed E-state index contributed by atoms with van der Waals surface area (Å²) in [5.74, 6) is -0.668. The van der Waals surface area contributed by atoms with Gasteiger partial charge in [-0.15, -0.1) is 0 Å². The second kappa shape index (κ2) is 4.65. The largest absolute Gasteiger partial charge is 0.467 e. The van der Waals surface area contributed by atoms with Crippen LogP contribution in [0.5, 0.6) is 0 Å². The van der Waals surface area contributed by atoms with Crippen LogP contribution < -0.4 is 5.32 Å². The summed E-state index contributed by atoms with van der Waals surface area (Å²) in [5, 5.41) is 2.65. The first-order valence-corrected chi connectivity index (χ1v) is 5.37. The highest BCUT2D eigenvalue weighted by Crippen LogP contribution is 2.24. The van der Waals surface area contributed by atoms with E-state index in [0.29, 0.717) is 10.2 Å². The molecule has 0 bridgehead atoms. The molecule has 1 heterocycles. The van der Waals surface area contributed by atoms with E-state index < -0.39 is 11.6 Å². The molecule has 0 aliphatic rings. The molecule has 84 valence electrons. The lowest BCUT2D eigenvalue weighted by atomic mass is 10.3. The van der Waals surface area contributed by atoms with Crippen molar-refractivity contribution in [2.24, 2.45) is 0 Å². The van der Waals surface area contributed by atoms with Crippen LogP contribution in [0.4, 0.5) is 14.5 Å². The fourth-order valence-electron chi connectivity index (χ4n) is 1.30. The molecule has 16 heavy (non-hydrogen) atoms. The number of halogens is 3. The Morgan fingerprint density at radius 1 is 1.25 bits per heavy atom. The summed E-state index contributed by atoms with van der Waals surface area (Å²) in [6.07, 6.45) is 1.51. The highest BCUT2D eigenvalue weighted by atomic mass is 79.9. The monoisotopic (exact) mass is 287 g/mol. The van der Waals surface area contributed by atoms with Crippen molar-refractivity contribution in [3.8, 4) is 0 Å². The standard InChI is InChI=1S/C11H8BrF2NO/c12-7-4-9(13)11(10(14)5-7)15-6-8-2-1-3-16-8/h1-5,15H,6H2. The lowest BCUT2D eigenvalue weighted by Crippen LogP contribution is -2.03. The van der Waals surface area contributed by atoms with Crippen molar-refractivity contribution in [3.63, 3.8) is 0 Å². The van der Waals surface area contributed by atoms with Crippen LogP contribution in [-0.4, -0.2) is 0 Å². The Balaban J connectivity index is 2.15. The number of furan rings is 1. The Morgan fingerprint density at radius 3 is 2.50 bits per heavy atom. The molecule has 2 aromatic rings. The van der Waals surface area contributed by atoms with Gasteiger partial charge in [-0.25, -0.2) is 8.78 Å². The summed E-state index contributed by atoms with van der Waals surface area (Å²) in [6, 6.07) is 5.84. The highest BCUT2D eigenvalue weighted by Gasteiger charge is 2.10. The molecule has 0 saturated heterocycles. The van der Waals surface area contributed by atoms with Crippen molar-refractivity contribution in [2.45, 2.75) is 6.54 Å². The number of rotatable bonds is 3. The van der Waals surface area contributed by atoms with Gasteiger partial charge in [0.15, 0.2) is 0 Å². The quantitative estimate of drug-likeness (QED) is 0.925. The van der Waals surface area contributed by atoms with Crippen LogP contribution in [0.1, 0.15) is 5.76 Å². The van der Waals surface area contributed by atoms with Gasteiger partial charge in [0.25, 0.3) is 0 Å². The lowest BCUT2D eigenvalue weighted by Gasteiger charge is -2.07. The minimum atomic E-state index is -0.640. The number of nitrogens with one attached hydrogen (secondary N) is 1. The van der Waals surface area contributed by atoms with Crippen molar-refractivity contribution in [3.05, 3.63) is 52.4 Å². The molecule has 0 aliphatic carbocycles. The Morgan fingerprint density at radius 2 is 1.94 bits per heavy atom. The predicted molar refractivity (Wildman–Crippen MR) is 60.1 cm³/mol. The van der Waals surface area contributed by atoms with Gasteiger partial charge in [0.2, 0.25) is 0 Å². The van der Waals surface area contributed by atoms with Gasteiger partial charge < -0.3 is 9.73 Å². The van der Waals surface area contributed by atoms with Crippen LogP contribution in [0, 0.1) is 11.6 Å². The van der Waals surface area contributed by atoms with E-state index in [4.69, 9.17) is 4.42 Å². The molecule has 0 aliphatic heterocycles. The van der Waals surface area contributed by atoms with Crippen LogP contribution in [0.15, 0.2) is 39.4 Å². The lowest BCUT2D eigenvalue weighted by molar-refractivity contribution is 0.515. The van der Waals surface area contributed by atoms with Crippen LogP contribution in [0.2, 0.25) is 0 Å². The van der Waals surface area contributed by atoms with Crippen molar-refractivity contribution >= 4 is 21.6 Å². The van der Waals surface area contributed by atoms with Gasteiger partial charge in [0.1, 0.15) is 23.1 Å². The molecule has 0 unspecified atom stereocenters. The van der Waals surface area contributed by atoms with E-state index in [-0.39, 0.29) is 12.2 Å². The fourth-order valence-corrected chi connectivity index (χ4v) is 1.70. The zero-order valence-electron chi connectivity index (χ0n) is 8.14. The van der Waals surface area contributed by atoms with Gasteiger partial charge in [-0.1, -0.05) is 15.9 Å². The zero-order chi connectivity index (χ0) is 11.5. The maximum Gasteiger partial charge on any atom is 0.150 e. The van der Waals surface area contributed by atoms with E-state index in [0.717, 1.165) is 0 Å². The Kier molecular flexibility index (Phi) is 3.24. The smallest absolute Gasteiger partial charge is 0.150 e. The Bertz CT molecular complexity index is 462. The van der Waals surface area contributed by atoms with E-state index in [2.05, 4.69) is 21.2 Å². The zero-order valence-corrected chi connectivity index (χ0v) is 9.72. The predicted octanol–water partition coefficient (Wildman–Crippen LogP) is 3.93. The van der Waals surface area contributed by atoms with Crippen molar-refractivity contribution in [1.29, 1.82) is 0 Å². The molecule has 5 heteroatoms. The molecular weight excluding hydrogens is 280 g/mol. The summed E-state index contributed by atoms with van der Waals surface area (Å²) in [4.78, 5) is 0. The fraction of sp³-hybridized carbons (Fsp3) is 0.0909. The van der Waals surface area contributed by atoms with Gasteiger partial charge in [0.05, 0.1) is 12.8 Å². The first kappa shape index (κ1) is 11.1. The molecule has 1 aromatic heterocycles. The summed E-state index contributed by atoms with van der Waals surface area (Å²) >= 11 is 3.01. The minimum absolute atomic E-state index is 0.153. The van der Waals surface area contributed by atoms with E-state index in [9.17, 15) is 8.78 Å². The van der Waals surface area contributed by atoms with Crippen molar-refractivity contribution < 1.29 is 13.2 Å². The second-order valence-corrected chi connectivity index (χ2v) is 4.09. The van der Waals surface area contributed by atoms with E-state index >= 15 is 0 Å². The number of hydrogen-bond donors (Lipinski definition) is 1. The van der Waals surface area contributed by atoms with Crippen LogP contribution in [0.3, 0.4) is 0 Å². The van der Waals surface area contributed by atoms with E-state index in [1.54, 1.807) is 12.1 Å². The number of benzene rings is 1. The topological polar surface area (TPSA) is 25.2 Å². The van der Waals surface area contributed by atoms with Gasteiger partial charge in [-0.2, -0.15) is 0 Å². The van der Waals surface area contributed by atoms with E-state index in [1.165, 1.54) is 18.4 Å². The molecule has 0 radical (unpaired) electrons. The van der Waals surface area contributed by atoms with Crippen LogP contribution in [-0.2, 0) is 6.54 Å². The van der Waals surface area contributed by atoms with Gasteiger partial charge in [-0.05, 0) is 24.3 Å². The Labute approximate surface area is 99.4 Å². The first-order chi connectivity index (χ1) is 7.66. The van der Waals surface area contributed by atoms with Crippen LogP contribution in [0.25, 0.3) is 0 Å². The van der Waals surface area contributed by atoms with Gasteiger partial charge in [0, 0.05) is 4.47 Å². The maximum atomic E-state index is 13.4. The third-order valence-corrected chi connectivity index (χ3v) is 2.48. The molecule has 0 saturated carbocycles. The average Bonchev–Trinajstić information content (AvgIpc) is 2.68. The summed E-state index contributed by atoms with van der Waals surface area (Å²) in [5.41, 5.74) is -0.153. The molecule has 0 amide bonds. The average molecular weight is 288 g/mol. The van der Waals surface area contributed by atoms with Gasteiger partial charge >= 0.3 is 0 Å². The maximum absolute atomic E-state index is 13.4. The molecular formula is C11H8BrF2NO. The molecule has 2 nitrogen and oxygen atoms in total. The normalized spacial score (nSPS) is 10.4. The van der Waals surface area contributed by atoms with Crippen molar-refractivity contribution in [2.75, 3.05) is 5.32 Å². The number of anilines is 1. The Hall–Kier alpha value is -1.36.